The number of nitrogens with two attached hydrogens (primary N) is 2. The Bertz CT molecular complexity index is 1170. The van der Waals surface area contributed by atoms with Gasteiger partial charge in [-0.3, -0.25) is 0 Å². The van der Waals surface area contributed by atoms with Crippen LogP contribution in [0.2, 0.25) is 0 Å². The monoisotopic (exact) mass is 476 g/mol. The van der Waals surface area contributed by atoms with Gasteiger partial charge in [-0.25, -0.2) is 0 Å². The second-order valence-electron chi connectivity index (χ2n) is 10.4. The number of benzene rings is 4. The van der Waals surface area contributed by atoms with E-state index in [1.165, 1.54) is 57.3 Å². The highest BCUT2D eigenvalue weighted by molar-refractivity contribution is 5.46. The van der Waals surface area contributed by atoms with Crippen LogP contribution in [0.4, 0.5) is 11.4 Å². The fraction of sp³-hybridized carbons (Fsp3) is 0.294. The fourth-order valence-electron chi connectivity index (χ4n) is 5.21. The van der Waals surface area contributed by atoms with Gasteiger partial charge in [0.15, 0.2) is 0 Å². The van der Waals surface area contributed by atoms with E-state index in [0.717, 1.165) is 37.1 Å². The van der Waals surface area contributed by atoms with Gasteiger partial charge in [0.05, 0.1) is 0 Å². The third-order valence-electron chi connectivity index (χ3n) is 7.31. The van der Waals surface area contributed by atoms with Crippen molar-refractivity contribution in [1.82, 2.24) is 0 Å². The van der Waals surface area contributed by atoms with Gasteiger partial charge >= 0.3 is 0 Å². The number of hydrogen-bond donors (Lipinski definition) is 2. The van der Waals surface area contributed by atoms with Crippen molar-refractivity contribution in [1.29, 1.82) is 0 Å². The molecule has 0 atom stereocenters. The summed E-state index contributed by atoms with van der Waals surface area (Å²) in [7, 11) is 0. The first-order chi connectivity index (χ1) is 17.4. The quantitative estimate of drug-likeness (QED) is 0.229. The maximum Gasteiger partial charge on any atom is 0.0316 e. The largest absolute Gasteiger partial charge is 0.399 e. The molecule has 0 saturated heterocycles. The van der Waals surface area contributed by atoms with Crippen LogP contribution in [0, 0.1) is 19.8 Å². The Morgan fingerprint density at radius 1 is 0.556 bits per heavy atom. The van der Waals surface area contributed by atoms with Crippen LogP contribution >= 0.6 is 0 Å². The number of rotatable bonds is 10. The van der Waals surface area contributed by atoms with E-state index in [1.807, 2.05) is 12.1 Å². The molecule has 0 aliphatic carbocycles. The first-order valence-electron chi connectivity index (χ1n) is 13.2. The third kappa shape index (κ3) is 7.01. The van der Waals surface area contributed by atoms with Crippen molar-refractivity contribution in [2.75, 3.05) is 11.5 Å². The van der Waals surface area contributed by atoms with Crippen molar-refractivity contribution >= 4 is 11.4 Å². The predicted molar refractivity (Wildman–Crippen MR) is 155 cm³/mol. The smallest absolute Gasteiger partial charge is 0.0316 e. The zero-order chi connectivity index (χ0) is 25.5. The Morgan fingerprint density at radius 2 is 0.944 bits per heavy atom. The molecule has 0 radical (unpaired) electrons. The van der Waals surface area contributed by atoms with Gasteiger partial charge in [-0.15, -0.1) is 0 Å². The lowest BCUT2D eigenvalue weighted by atomic mass is 9.88. The van der Waals surface area contributed by atoms with Crippen molar-refractivity contribution in [2.45, 2.75) is 59.3 Å². The van der Waals surface area contributed by atoms with E-state index in [1.54, 1.807) is 0 Å². The molecule has 4 rings (SSSR count). The highest BCUT2D eigenvalue weighted by atomic mass is 14.5. The van der Waals surface area contributed by atoms with Gasteiger partial charge in [0.1, 0.15) is 0 Å². The summed E-state index contributed by atoms with van der Waals surface area (Å²) in [4.78, 5) is 0. The summed E-state index contributed by atoms with van der Waals surface area (Å²) >= 11 is 0. The van der Waals surface area contributed by atoms with Crippen LogP contribution < -0.4 is 11.5 Å². The summed E-state index contributed by atoms with van der Waals surface area (Å²) in [6, 6.07) is 30.9. The SMILES string of the molecule is CCCC(Cc1ccc(Cc2ccc(N)cc2C)cc1)Cc1ccc(Cc2ccc(N)cc2C)cc1. The van der Waals surface area contributed by atoms with Crippen LogP contribution in [-0.4, -0.2) is 0 Å². The Balaban J connectivity index is 1.36. The van der Waals surface area contributed by atoms with Crippen molar-refractivity contribution in [3.63, 3.8) is 0 Å². The van der Waals surface area contributed by atoms with Crippen molar-refractivity contribution in [3.05, 3.63) is 129 Å². The lowest BCUT2D eigenvalue weighted by Crippen LogP contribution is -2.08. The Hall–Kier alpha value is -3.52. The Kier molecular flexibility index (Phi) is 8.48. The Morgan fingerprint density at radius 3 is 1.31 bits per heavy atom. The van der Waals surface area contributed by atoms with E-state index in [0.29, 0.717) is 5.92 Å². The molecule has 4 N–H and O–H groups in total. The van der Waals surface area contributed by atoms with Crippen LogP contribution in [0.3, 0.4) is 0 Å². The van der Waals surface area contributed by atoms with Gasteiger partial charge in [-0.1, -0.05) is 80.4 Å². The van der Waals surface area contributed by atoms with Crippen molar-refractivity contribution in [3.8, 4) is 0 Å². The number of anilines is 2. The zero-order valence-electron chi connectivity index (χ0n) is 22.1. The number of nitrogen functional groups attached to an aromatic ring is 2. The maximum atomic E-state index is 5.91. The van der Waals surface area contributed by atoms with Crippen LogP contribution in [-0.2, 0) is 25.7 Å². The van der Waals surface area contributed by atoms with Gasteiger partial charge in [-0.2, -0.15) is 0 Å². The van der Waals surface area contributed by atoms with Crippen molar-refractivity contribution in [2.24, 2.45) is 5.92 Å². The molecule has 0 aromatic heterocycles. The molecular weight excluding hydrogens is 436 g/mol. The summed E-state index contributed by atoms with van der Waals surface area (Å²) in [6.07, 6.45) is 6.62. The minimum absolute atomic E-state index is 0.658. The number of hydrogen-bond acceptors (Lipinski definition) is 2. The minimum Gasteiger partial charge on any atom is -0.399 e. The molecule has 4 aromatic carbocycles. The normalized spacial score (nSPS) is 11.2. The second kappa shape index (κ2) is 11.9. The molecule has 0 unspecified atom stereocenters. The van der Waals surface area contributed by atoms with Gasteiger partial charge in [0.2, 0.25) is 0 Å². The summed E-state index contributed by atoms with van der Waals surface area (Å²) < 4.78 is 0. The molecule has 0 heterocycles. The molecule has 0 amide bonds. The molecule has 0 saturated carbocycles. The van der Waals surface area contributed by atoms with E-state index in [-0.39, 0.29) is 0 Å². The lowest BCUT2D eigenvalue weighted by molar-refractivity contribution is 0.474. The molecule has 2 heteroatoms. The minimum atomic E-state index is 0.658. The van der Waals surface area contributed by atoms with E-state index in [4.69, 9.17) is 11.5 Å². The molecule has 0 spiro atoms. The van der Waals surface area contributed by atoms with Crippen LogP contribution in [0.1, 0.15) is 64.3 Å². The van der Waals surface area contributed by atoms with Gasteiger partial charge in [0.25, 0.3) is 0 Å². The topological polar surface area (TPSA) is 52.0 Å². The summed E-state index contributed by atoms with van der Waals surface area (Å²) in [5.74, 6) is 0.658. The third-order valence-corrected chi connectivity index (χ3v) is 7.31. The highest BCUT2D eigenvalue weighted by Gasteiger charge is 2.11. The lowest BCUT2D eigenvalue weighted by Gasteiger charge is -2.17. The van der Waals surface area contributed by atoms with Crippen LogP contribution in [0.15, 0.2) is 84.9 Å². The molecular formula is C34H40N2. The molecule has 4 aromatic rings. The van der Waals surface area contributed by atoms with Crippen molar-refractivity contribution < 1.29 is 0 Å². The van der Waals surface area contributed by atoms with E-state index in [9.17, 15) is 0 Å². The highest BCUT2D eigenvalue weighted by Crippen LogP contribution is 2.23. The summed E-state index contributed by atoms with van der Waals surface area (Å²) in [5, 5.41) is 0. The number of aryl methyl sites for hydroxylation is 2. The van der Waals surface area contributed by atoms with E-state index in [2.05, 4.69) is 93.6 Å². The molecule has 0 bridgehead atoms. The molecule has 36 heavy (non-hydrogen) atoms. The standard InChI is InChI=1S/C34H40N2/c1-4-5-30(20-26-6-10-28(11-7-26)22-31-14-16-33(35)18-24(31)2)21-27-8-12-29(13-9-27)23-32-15-17-34(36)19-25(32)3/h6-19,30H,4-5,20-23,35-36H2,1-3H3. The van der Waals surface area contributed by atoms with Crippen LogP contribution in [0.5, 0.6) is 0 Å². The summed E-state index contributed by atoms with van der Waals surface area (Å²) in [6.45, 7) is 6.57. The van der Waals surface area contributed by atoms with Gasteiger partial charge in [0, 0.05) is 11.4 Å². The first-order valence-corrected chi connectivity index (χ1v) is 13.2. The first kappa shape index (κ1) is 25.6. The van der Waals surface area contributed by atoms with E-state index >= 15 is 0 Å². The predicted octanol–water partition coefficient (Wildman–Crippen LogP) is 7.85. The summed E-state index contributed by atoms with van der Waals surface area (Å²) in [5.41, 5.74) is 24.3. The van der Waals surface area contributed by atoms with E-state index < -0.39 is 0 Å². The maximum absolute atomic E-state index is 5.91. The molecule has 2 nitrogen and oxygen atoms in total. The second-order valence-corrected chi connectivity index (χ2v) is 10.4. The Labute approximate surface area is 217 Å². The molecule has 0 aliphatic rings. The molecule has 186 valence electrons. The molecule has 0 aliphatic heterocycles. The average molecular weight is 477 g/mol. The molecule has 0 fully saturated rings. The average Bonchev–Trinajstić information content (AvgIpc) is 2.85. The van der Waals surface area contributed by atoms with Crippen LogP contribution in [0.25, 0.3) is 0 Å². The zero-order valence-corrected chi connectivity index (χ0v) is 22.1. The van der Waals surface area contributed by atoms with Gasteiger partial charge in [-0.05, 0) is 114 Å². The fourth-order valence-corrected chi connectivity index (χ4v) is 5.21. The van der Waals surface area contributed by atoms with Gasteiger partial charge < -0.3 is 11.5 Å².